The van der Waals surface area contributed by atoms with Gasteiger partial charge in [-0.2, -0.15) is 4.31 Å². The fraction of sp³-hybridized carbons (Fsp3) is 0.562. The smallest absolute Gasteiger partial charge is 0.246 e. The number of benzene rings is 1. The minimum Gasteiger partial charge on any atom is -0.355 e. The summed E-state index contributed by atoms with van der Waals surface area (Å²) in [7, 11) is -3.85. The summed E-state index contributed by atoms with van der Waals surface area (Å²) < 4.78 is 40.2. The lowest BCUT2D eigenvalue weighted by atomic mass is 10.2. The SMILES string of the molecule is CCCNC(=O)[C@H](C)N1CCN(S(=O)(=O)c2ccccc2F)CC1. The third kappa shape index (κ3) is 4.12. The second-order valence-corrected chi connectivity index (χ2v) is 7.74. The van der Waals surface area contributed by atoms with Gasteiger partial charge >= 0.3 is 0 Å². The van der Waals surface area contributed by atoms with Crippen molar-refractivity contribution in [1.82, 2.24) is 14.5 Å². The lowest BCUT2D eigenvalue weighted by Crippen LogP contribution is -2.55. The van der Waals surface area contributed by atoms with Crippen molar-refractivity contribution in [3.8, 4) is 0 Å². The number of nitrogens with zero attached hydrogens (tertiary/aromatic N) is 2. The molecule has 1 amide bonds. The highest BCUT2D eigenvalue weighted by Gasteiger charge is 2.32. The molecule has 8 heteroatoms. The quantitative estimate of drug-likeness (QED) is 0.826. The van der Waals surface area contributed by atoms with Crippen LogP contribution in [-0.4, -0.2) is 62.3 Å². The second kappa shape index (κ2) is 8.04. The summed E-state index contributed by atoms with van der Waals surface area (Å²) >= 11 is 0. The molecule has 0 unspecified atom stereocenters. The molecule has 24 heavy (non-hydrogen) atoms. The lowest BCUT2D eigenvalue weighted by Gasteiger charge is -2.36. The number of rotatable bonds is 6. The van der Waals surface area contributed by atoms with Gasteiger partial charge in [-0.15, -0.1) is 0 Å². The van der Waals surface area contributed by atoms with Crippen LogP contribution in [0.5, 0.6) is 0 Å². The Balaban J connectivity index is 2.00. The molecular formula is C16H24FN3O3S. The number of carbonyl (C=O) groups is 1. The summed E-state index contributed by atoms with van der Waals surface area (Å²) in [6.45, 7) is 5.78. The summed E-state index contributed by atoms with van der Waals surface area (Å²) in [5.74, 6) is -0.797. The Hall–Kier alpha value is -1.51. The van der Waals surface area contributed by atoms with Crippen LogP contribution in [0, 0.1) is 5.82 Å². The Morgan fingerprint density at radius 1 is 1.25 bits per heavy atom. The van der Waals surface area contributed by atoms with E-state index >= 15 is 0 Å². The number of carbonyl (C=O) groups excluding carboxylic acids is 1. The molecule has 1 aliphatic heterocycles. The number of nitrogens with one attached hydrogen (secondary N) is 1. The van der Waals surface area contributed by atoms with Gasteiger partial charge in [-0.3, -0.25) is 9.69 Å². The standard InChI is InChI=1S/C16H24FN3O3S/c1-3-8-18-16(21)13(2)19-9-11-20(12-10-19)24(22,23)15-7-5-4-6-14(15)17/h4-7,13H,3,8-12H2,1-2H3,(H,18,21)/t13-/m0/s1. The van der Waals surface area contributed by atoms with Gasteiger partial charge in [0, 0.05) is 32.7 Å². The molecule has 1 heterocycles. The van der Waals surface area contributed by atoms with Gasteiger partial charge in [-0.25, -0.2) is 12.8 Å². The van der Waals surface area contributed by atoms with E-state index in [9.17, 15) is 17.6 Å². The Morgan fingerprint density at radius 2 is 1.88 bits per heavy atom. The number of amides is 1. The molecule has 1 saturated heterocycles. The number of sulfonamides is 1. The third-order valence-corrected chi connectivity index (χ3v) is 6.14. The predicted molar refractivity (Wildman–Crippen MR) is 89.5 cm³/mol. The first kappa shape index (κ1) is 18.8. The van der Waals surface area contributed by atoms with Gasteiger partial charge in [0.15, 0.2) is 0 Å². The average molecular weight is 357 g/mol. The molecule has 0 aliphatic carbocycles. The molecule has 6 nitrogen and oxygen atoms in total. The van der Waals surface area contributed by atoms with Crippen LogP contribution in [0.15, 0.2) is 29.2 Å². The van der Waals surface area contributed by atoms with E-state index < -0.39 is 15.8 Å². The summed E-state index contributed by atoms with van der Waals surface area (Å²) in [4.78, 5) is 13.7. The van der Waals surface area contributed by atoms with E-state index in [1.54, 1.807) is 0 Å². The summed E-state index contributed by atoms with van der Waals surface area (Å²) in [5, 5.41) is 2.84. The molecule has 2 rings (SSSR count). The van der Waals surface area contributed by atoms with Gasteiger partial charge in [-0.1, -0.05) is 19.1 Å². The Morgan fingerprint density at radius 3 is 2.46 bits per heavy atom. The third-order valence-electron chi connectivity index (χ3n) is 4.20. The molecule has 1 aromatic rings. The molecule has 0 radical (unpaired) electrons. The van der Waals surface area contributed by atoms with Crippen molar-refractivity contribution in [2.45, 2.75) is 31.2 Å². The first-order valence-electron chi connectivity index (χ1n) is 8.14. The summed E-state index contributed by atoms with van der Waals surface area (Å²) in [6, 6.07) is 5.07. The number of hydrogen-bond donors (Lipinski definition) is 1. The van der Waals surface area contributed by atoms with Crippen molar-refractivity contribution in [1.29, 1.82) is 0 Å². The highest BCUT2D eigenvalue weighted by molar-refractivity contribution is 7.89. The zero-order valence-corrected chi connectivity index (χ0v) is 14.9. The molecule has 134 valence electrons. The number of hydrogen-bond acceptors (Lipinski definition) is 4. The van der Waals surface area contributed by atoms with Crippen molar-refractivity contribution in [2.75, 3.05) is 32.7 Å². The molecule has 1 aromatic carbocycles. The monoisotopic (exact) mass is 357 g/mol. The maximum absolute atomic E-state index is 13.8. The molecule has 0 bridgehead atoms. The average Bonchev–Trinajstić information content (AvgIpc) is 2.59. The molecule has 0 aromatic heterocycles. The molecule has 1 fully saturated rings. The first-order valence-corrected chi connectivity index (χ1v) is 9.58. The second-order valence-electron chi connectivity index (χ2n) is 5.84. The van der Waals surface area contributed by atoms with Crippen LogP contribution in [0.25, 0.3) is 0 Å². The molecule has 1 N–H and O–H groups in total. The Kier molecular flexibility index (Phi) is 6.31. The fourth-order valence-electron chi connectivity index (χ4n) is 2.69. The van der Waals surface area contributed by atoms with Gasteiger partial charge in [0.2, 0.25) is 15.9 Å². The topological polar surface area (TPSA) is 69.7 Å². The van der Waals surface area contributed by atoms with Gasteiger partial charge in [0.1, 0.15) is 10.7 Å². The van der Waals surface area contributed by atoms with Crippen molar-refractivity contribution < 1.29 is 17.6 Å². The van der Waals surface area contributed by atoms with Crippen LogP contribution >= 0.6 is 0 Å². The zero-order valence-electron chi connectivity index (χ0n) is 14.0. The maximum Gasteiger partial charge on any atom is 0.246 e. The van der Waals surface area contributed by atoms with Crippen molar-refractivity contribution in [3.05, 3.63) is 30.1 Å². The Bertz CT molecular complexity index is 673. The maximum atomic E-state index is 13.8. The fourth-order valence-corrected chi connectivity index (χ4v) is 4.17. The number of halogens is 1. The number of piperazine rings is 1. The van der Waals surface area contributed by atoms with Gasteiger partial charge in [-0.05, 0) is 25.5 Å². The largest absolute Gasteiger partial charge is 0.355 e. The predicted octanol–water partition coefficient (Wildman–Crippen LogP) is 1.05. The van der Waals surface area contributed by atoms with Crippen LogP contribution in [0.1, 0.15) is 20.3 Å². The van der Waals surface area contributed by atoms with E-state index in [1.165, 1.54) is 22.5 Å². The summed E-state index contributed by atoms with van der Waals surface area (Å²) in [6.07, 6.45) is 0.868. The lowest BCUT2D eigenvalue weighted by molar-refractivity contribution is -0.126. The van der Waals surface area contributed by atoms with E-state index in [-0.39, 0.29) is 29.9 Å². The van der Waals surface area contributed by atoms with Crippen molar-refractivity contribution >= 4 is 15.9 Å². The highest BCUT2D eigenvalue weighted by Crippen LogP contribution is 2.20. The van der Waals surface area contributed by atoms with E-state index in [1.807, 2.05) is 18.7 Å². The van der Waals surface area contributed by atoms with Gasteiger partial charge < -0.3 is 5.32 Å². The first-order chi connectivity index (χ1) is 11.4. The normalized spacial score (nSPS) is 18.3. The van der Waals surface area contributed by atoms with Crippen LogP contribution < -0.4 is 5.32 Å². The highest BCUT2D eigenvalue weighted by atomic mass is 32.2. The summed E-state index contributed by atoms with van der Waals surface area (Å²) in [5.41, 5.74) is 0. The molecule has 1 atom stereocenters. The molecule has 0 saturated carbocycles. The van der Waals surface area contributed by atoms with Gasteiger partial charge in [0.25, 0.3) is 0 Å². The zero-order chi connectivity index (χ0) is 17.7. The van der Waals surface area contributed by atoms with Crippen LogP contribution in [0.4, 0.5) is 4.39 Å². The van der Waals surface area contributed by atoms with E-state index in [0.29, 0.717) is 19.6 Å². The Labute approximate surface area is 142 Å². The van der Waals surface area contributed by atoms with Crippen molar-refractivity contribution in [2.24, 2.45) is 0 Å². The van der Waals surface area contributed by atoms with Crippen LogP contribution in [0.3, 0.4) is 0 Å². The molecular weight excluding hydrogens is 333 g/mol. The van der Waals surface area contributed by atoms with E-state index in [0.717, 1.165) is 12.5 Å². The van der Waals surface area contributed by atoms with E-state index in [2.05, 4.69) is 5.32 Å². The minimum atomic E-state index is -3.85. The van der Waals surface area contributed by atoms with Gasteiger partial charge in [0.05, 0.1) is 6.04 Å². The molecule has 0 spiro atoms. The minimum absolute atomic E-state index is 0.0535. The molecule has 1 aliphatic rings. The van der Waals surface area contributed by atoms with Crippen molar-refractivity contribution in [3.63, 3.8) is 0 Å². The van der Waals surface area contributed by atoms with E-state index in [4.69, 9.17) is 0 Å². The van der Waals surface area contributed by atoms with Crippen LogP contribution in [-0.2, 0) is 14.8 Å². The van der Waals surface area contributed by atoms with Crippen LogP contribution in [0.2, 0.25) is 0 Å².